The van der Waals surface area contributed by atoms with Crippen LogP contribution in [0.1, 0.15) is 67.2 Å². The number of nitrogens with one attached hydrogen (secondary N) is 2. The van der Waals surface area contributed by atoms with E-state index in [0.717, 1.165) is 23.5 Å². The van der Waals surface area contributed by atoms with Crippen molar-refractivity contribution in [3.05, 3.63) is 0 Å². The minimum atomic E-state index is -0.945. The Morgan fingerprint density at radius 2 is 1.96 bits per heavy atom. The fraction of sp³-hybridized carbons (Fsp3) is 0.800. The van der Waals surface area contributed by atoms with Gasteiger partial charge in [-0.05, 0) is 49.9 Å². The molecular weight excluding hydrogens is 344 g/mol. The van der Waals surface area contributed by atoms with E-state index in [1.807, 2.05) is 13.8 Å². The first-order valence-electron chi connectivity index (χ1n) is 9.91. The fourth-order valence-corrected chi connectivity index (χ4v) is 5.25. The lowest BCUT2D eigenvalue weighted by molar-refractivity contribution is -0.135. The lowest BCUT2D eigenvalue weighted by Gasteiger charge is -2.34. The number of imide groups is 1. The molecule has 1 saturated heterocycles. The van der Waals surface area contributed by atoms with Crippen LogP contribution in [-0.4, -0.2) is 40.5 Å². The SMILES string of the molecule is CC(C)CC1(C)NC(=O)N(CC(=O)NN=C2CC3CCC2(C)C3(C)C)C1=O. The van der Waals surface area contributed by atoms with Crippen molar-refractivity contribution in [2.24, 2.45) is 27.8 Å². The molecule has 0 aromatic heterocycles. The third-order valence-electron chi connectivity index (χ3n) is 7.29. The number of amides is 4. The number of hydrazone groups is 1. The first-order valence-corrected chi connectivity index (χ1v) is 9.91. The predicted molar refractivity (Wildman–Crippen MR) is 103 cm³/mol. The van der Waals surface area contributed by atoms with Gasteiger partial charge in [-0.15, -0.1) is 0 Å². The zero-order valence-corrected chi connectivity index (χ0v) is 17.3. The van der Waals surface area contributed by atoms with Crippen LogP contribution in [0.4, 0.5) is 4.79 Å². The average Bonchev–Trinajstić information content (AvgIpc) is 2.98. The minimum absolute atomic E-state index is 0.00161. The molecule has 27 heavy (non-hydrogen) atoms. The van der Waals surface area contributed by atoms with Gasteiger partial charge in [-0.3, -0.25) is 14.5 Å². The maximum atomic E-state index is 12.6. The molecule has 0 radical (unpaired) electrons. The van der Waals surface area contributed by atoms with Gasteiger partial charge in [0, 0.05) is 11.1 Å². The Labute approximate surface area is 161 Å². The Morgan fingerprint density at radius 3 is 2.48 bits per heavy atom. The minimum Gasteiger partial charge on any atom is -0.323 e. The third kappa shape index (κ3) is 3.05. The summed E-state index contributed by atoms with van der Waals surface area (Å²) in [4.78, 5) is 38.2. The van der Waals surface area contributed by atoms with Crippen LogP contribution >= 0.6 is 0 Å². The number of carbonyl (C=O) groups is 3. The van der Waals surface area contributed by atoms with Gasteiger partial charge >= 0.3 is 6.03 Å². The Kier molecular flexibility index (Phi) is 4.64. The Morgan fingerprint density at radius 1 is 1.30 bits per heavy atom. The van der Waals surface area contributed by atoms with Crippen LogP contribution in [0.2, 0.25) is 0 Å². The summed E-state index contributed by atoms with van der Waals surface area (Å²) in [7, 11) is 0. The third-order valence-corrected chi connectivity index (χ3v) is 7.29. The molecule has 7 nitrogen and oxygen atoms in total. The normalized spacial score (nSPS) is 36.0. The van der Waals surface area contributed by atoms with Crippen molar-refractivity contribution in [1.29, 1.82) is 0 Å². The summed E-state index contributed by atoms with van der Waals surface area (Å²) in [5, 5.41) is 7.12. The molecule has 2 N–H and O–H groups in total. The highest BCUT2D eigenvalue weighted by molar-refractivity contribution is 6.08. The Bertz CT molecular complexity index is 714. The van der Waals surface area contributed by atoms with Crippen LogP contribution in [0.3, 0.4) is 0 Å². The molecule has 2 saturated carbocycles. The van der Waals surface area contributed by atoms with Crippen LogP contribution < -0.4 is 10.7 Å². The van der Waals surface area contributed by atoms with Gasteiger partial charge in [0.2, 0.25) is 0 Å². The standard InChI is InChI=1S/C20H32N4O3/c1-12(2)10-20(6)16(26)24(17(27)21-20)11-15(25)23-22-14-9-13-7-8-19(14,5)18(13,3)4/h12-13H,7-11H2,1-6H3,(H,21,27)(H,23,25). The van der Waals surface area contributed by atoms with Crippen molar-refractivity contribution >= 4 is 23.6 Å². The van der Waals surface area contributed by atoms with E-state index >= 15 is 0 Å². The fourth-order valence-electron chi connectivity index (χ4n) is 5.25. The van der Waals surface area contributed by atoms with Gasteiger partial charge in [0.25, 0.3) is 11.8 Å². The molecule has 4 amide bonds. The van der Waals surface area contributed by atoms with Gasteiger partial charge in [-0.2, -0.15) is 5.10 Å². The van der Waals surface area contributed by atoms with E-state index in [0.29, 0.717) is 12.3 Å². The predicted octanol–water partition coefficient (Wildman–Crippen LogP) is 2.66. The van der Waals surface area contributed by atoms with Crippen molar-refractivity contribution in [1.82, 2.24) is 15.6 Å². The summed E-state index contributed by atoms with van der Waals surface area (Å²) in [5.74, 6) is 0.0585. The summed E-state index contributed by atoms with van der Waals surface area (Å²) in [6, 6.07) is -0.515. The first kappa shape index (κ1) is 19.8. The van der Waals surface area contributed by atoms with Gasteiger partial charge in [0.15, 0.2) is 0 Å². The highest BCUT2D eigenvalue weighted by Gasteiger charge is 2.60. The second kappa shape index (κ2) is 6.31. The largest absolute Gasteiger partial charge is 0.325 e. The maximum absolute atomic E-state index is 12.6. The molecule has 7 heteroatoms. The number of urea groups is 1. The van der Waals surface area contributed by atoms with Gasteiger partial charge in [-0.25, -0.2) is 10.2 Å². The number of hydrogen-bond acceptors (Lipinski definition) is 4. The number of nitrogens with zero attached hydrogens (tertiary/aromatic N) is 2. The van der Waals surface area contributed by atoms with Gasteiger partial charge in [-0.1, -0.05) is 34.6 Å². The van der Waals surface area contributed by atoms with Crippen LogP contribution in [0.5, 0.6) is 0 Å². The molecule has 3 unspecified atom stereocenters. The Balaban J connectivity index is 1.64. The summed E-state index contributed by atoms with van der Waals surface area (Å²) >= 11 is 0. The smallest absolute Gasteiger partial charge is 0.323 e. The molecule has 0 aromatic carbocycles. The zero-order valence-electron chi connectivity index (χ0n) is 17.3. The summed E-state index contributed by atoms with van der Waals surface area (Å²) in [5.41, 5.74) is 2.85. The number of carbonyl (C=O) groups excluding carboxylic acids is 3. The molecule has 1 heterocycles. The lowest BCUT2D eigenvalue weighted by atomic mass is 9.70. The number of rotatable bonds is 5. The van der Waals surface area contributed by atoms with E-state index in [4.69, 9.17) is 0 Å². The monoisotopic (exact) mass is 376 g/mol. The number of hydrogen-bond donors (Lipinski definition) is 2. The molecule has 3 atom stereocenters. The molecular formula is C20H32N4O3. The van der Waals surface area contributed by atoms with Crippen LogP contribution in [-0.2, 0) is 9.59 Å². The quantitative estimate of drug-likeness (QED) is 0.571. The highest BCUT2D eigenvalue weighted by atomic mass is 16.2. The molecule has 1 aliphatic heterocycles. The molecule has 0 spiro atoms. The Hall–Kier alpha value is -1.92. The summed E-state index contributed by atoms with van der Waals surface area (Å²) in [6.07, 6.45) is 3.72. The molecule has 150 valence electrons. The summed E-state index contributed by atoms with van der Waals surface area (Å²) in [6.45, 7) is 12.2. The van der Waals surface area contributed by atoms with E-state index in [1.54, 1.807) is 6.92 Å². The van der Waals surface area contributed by atoms with Crippen molar-refractivity contribution < 1.29 is 14.4 Å². The van der Waals surface area contributed by atoms with E-state index in [2.05, 4.69) is 36.6 Å². The topological polar surface area (TPSA) is 90.9 Å². The highest BCUT2D eigenvalue weighted by Crippen LogP contribution is 2.63. The molecule has 0 aromatic rings. The van der Waals surface area contributed by atoms with Crippen molar-refractivity contribution in [2.45, 2.75) is 72.8 Å². The van der Waals surface area contributed by atoms with Crippen LogP contribution in [0.15, 0.2) is 5.10 Å². The molecule has 3 aliphatic rings. The van der Waals surface area contributed by atoms with Crippen LogP contribution in [0, 0.1) is 22.7 Å². The first-order chi connectivity index (χ1) is 12.4. The van der Waals surface area contributed by atoms with E-state index in [9.17, 15) is 14.4 Å². The molecule has 2 aliphatic carbocycles. The van der Waals surface area contributed by atoms with Gasteiger partial charge in [0.05, 0.1) is 0 Å². The van der Waals surface area contributed by atoms with Gasteiger partial charge < -0.3 is 5.32 Å². The van der Waals surface area contributed by atoms with Crippen LogP contribution in [0.25, 0.3) is 0 Å². The second-order valence-corrected chi connectivity index (χ2v) is 9.84. The molecule has 2 bridgehead atoms. The van der Waals surface area contributed by atoms with Crippen molar-refractivity contribution in [3.63, 3.8) is 0 Å². The average molecular weight is 377 g/mol. The number of fused-ring (bicyclic) bond motifs is 2. The van der Waals surface area contributed by atoms with E-state index in [-0.39, 0.29) is 29.2 Å². The summed E-state index contributed by atoms with van der Waals surface area (Å²) < 4.78 is 0. The maximum Gasteiger partial charge on any atom is 0.325 e. The molecule has 3 rings (SSSR count). The van der Waals surface area contributed by atoms with E-state index < -0.39 is 17.5 Å². The zero-order chi connectivity index (χ0) is 20.2. The second-order valence-electron chi connectivity index (χ2n) is 9.84. The van der Waals surface area contributed by atoms with Crippen molar-refractivity contribution in [2.75, 3.05) is 6.54 Å². The van der Waals surface area contributed by atoms with Crippen molar-refractivity contribution in [3.8, 4) is 0 Å². The van der Waals surface area contributed by atoms with Gasteiger partial charge in [0.1, 0.15) is 12.1 Å². The molecule has 3 fully saturated rings. The van der Waals surface area contributed by atoms with E-state index in [1.165, 1.54) is 6.42 Å². The lowest BCUT2D eigenvalue weighted by Crippen LogP contribution is -2.45.